The standard InChI is InChI=1S/C22H25N3O3S/c1-15-6-7-20-16(10-15)11-17(21(26)24-20)13-25(14-19-5-3-9-28-19)22(29)23-12-18-4-2-8-27-18/h3,5-7,9-11,18H,2,4,8,12-14H2,1H3,(H,23,29)(H,24,26). The molecular formula is C22H25N3O3S. The van der Waals surface area contributed by atoms with Crippen molar-refractivity contribution < 1.29 is 9.15 Å². The van der Waals surface area contributed by atoms with Gasteiger partial charge in [0, 0.05) is 24.2 Å². The fourth-order valence-corrected chi connectivity index (χ4v) is 3.82. The van der Waals surface area contributed by atoms with E-state index in [9.17, 15) is 4.79 Å². The fraction of sp³-hybridized carbons (Fsp3) is 0.364. The number of ether oxygens (including phenoxy) is 1. The minimum atomic E-state index is -0.104. The van der Waals surface area contributed by atoms with Crippen LogP contribution in [0.3, 0.4) is 0 Å². The molecule has 1 fully saturated rings. The van der Waals surface area contributed by atoms with Crippen LogP contribution in [0.1, 0.15) is 29.7 Å². The SMILES string of the molecule is Cc1ccc2[nH]c(=O)c(CN(Cc3ccco3)C(=S)NCC3CCCO3)cc2c1. The molecule has 1 aliphatic heterocycles. The normalized spacial score (nSPS) is 16.2. The summed E-state index contributed by atoms with van der Waals surface area (Å²) in [7, 11) is 0. The van der Waals surface area contributed by atoms with Crippen LogP contribution < -0.4 is 10.9 Å². The molecule has 0 bridgehead atoms. The van der Waals surface area contributed by atoms with E-state index in [2.05, 4.69) is 16.4 Å². The van der Waals surface area contributed by atoms with Crippen molar-refractivity contribution >= 4 is 28.2 Å². The molecule has 2 N–H and O–H groups in total. The predicted octanol–water partition coefficient (Wildman–Crippen LogP) is 3.49. The quantitative estimate of drug-likeness (QED) is 0.605. The Morgan fingerprint density at radius 3 is 2.97 bits per heavy atom. The van der Waals surface area contributed by atoms with Gasteiger partial charge in [-0.3, -0.25) is 4.79 Å². The summed E-state index contributed by atoms with van der Waals surface area (Å²) in [5.74, 6) is 0.791. The Kier molecular flexibility index (Phi) is 5.97. The van der Waals surface area contributed by atoms with Crippen LogP contribution in [0.15, 0.2) is 51.9 Å². The van der Waals surface area contributed by atoms with Crippen molar-refractivity contribution in [3.8, 4) is 0 Å². The van der Waals surface area contributed by atoms with Gasteiger partial charge in [0.25, 0.3) is 5.56 Å². The largest absolute Gasteiger partial charge is 0.467 e. The summed E-state index contributed by atoms with van der Waals surface area (Å²) in [5.41, 5.74) is 2.54. The van der Waals surface area contributed by atoms with Crippen molar-refractivity contribution in [3.05, 3.63) is 69.9 Å². The van der Waals surface area contributed by atoms with Crippen molar-refractivity contribution in [2.45, 2.75) is 39.0 Å². The Morgan fingerprint density at radius 2 is 2.21 bits per heavy atom. The molecule has 1 saturated heterocycles. The lowest BCUT2D eigenvalue weighted by Gasteiger charge is -2.26. The molecular weight excluding hydrogens is 386 g/mol. The predicted molar refractivity (Wildman–Crippen MR) is 117 cm³/mol. The van der Waals surface area contributed by atoms with E-state index in [0.29, 0.717) is 30.3 Å². The molecule has 3 aromatic rings. The summed E-state index contributed by atoms with van der Waals surface area (Å²) in [6.45, 7) is 4.38. The minimum absolute atomic E-state index is 0.104. The van der Waals surface area contributed by atoms with Gasteiger partial charge in [0.05, 0.1) is 25.5 Å². The van der Waals surface area contributed by atoms with Crippen LogP contribution in [0.2, 0.25) is 0 Å². The summed E-state index contributed by atoms with van der Waals surface area (Å²) in [6.07, 6.45) is 3.95. The number of furan rings is 1. The van der Waals surface area contributed by atoms with Gasteiger partial charge in [0.1, 0.15) is 5.76 Å². The summed E-state index contributed by atoms with van der Waals surface area (Å²) in [5, 5.41) is 4.90. The Labute approximate surface area is 174 Å². The molecule has 1 unspecified atom stereocenters. The van der Waals surface area contributed by atoms with Crippen molar-refractivity contribution in [2.75, 3.05) is 13.2 Å². The van der Waals surface area contributed by atoms with Gasteiger partial charge in [0.15, 0.2) is 5.11 Å². The summed E-state index contributed by atoms with van der Waals surface area (Å²) >= 11 is 5.65. The van der Waals surface area contributed by atoms with Gasteiger partial charge in [0.2, 0.25) is 0 Å². The molecule has 1 aliphatic rings. The second-order valence-corrected chi connectivity index (χ2v) is 7.86. The first kappa shape index (κ1) is 19.7. The number of hydrogen-bond acceptors (Lipinski definition) is 4. The summed E-state index contributed by atoms with van der Waals surface area (Å²) in [6, 6.07) is 11.7. The first-order valence-corrected chi connectivity index (χ1v) is 10.3. The Bertz CT molecular complexity index is 1040. The van der Waals surface area contributed by atoms with Crippen LogP contribution in [0.5, 0.6) is 0 Å². The van der Waals surface area contributed by atoms with Crippen LogP contribution in [-0.4, -0.2) is 34.3 Å². The number of thiocarbonyl (C=S) groups is 1. The van der Waals surface area contributed by atoms with E-state index in [1.165, 1.54) is 0 Å². The van der Waals surface area contributed by atoms with E-state index in [-0.39, 0.29) is 11.7 Å². The topological polar surface area (TPSA) is 70.5 Å². The highest BCUT2D eigenvalue weighted by Gasteiger charge is 2.19. The monoisotopic (exact) mass is 411 g/mol. The molecule has 4 rings (SSSR count). The van der Waals surface area contributed by atoms with Crippen molar-refractivity contribution in [3.63, 3.8) is 0 Å². The summed E-state index contributed by atoms with van der Waals surface area (Å²) in [4.78, 5) is 17.6. The molecule has 6 nitrogen and oxygen atoms in total. The van der Waals surface area contributed by atoms with E-state index in [1.807, 2.05) is 42.2 Å². The van der Waals surface area contributed by atoms with Gasteiger partial charge in [-0.05, 0) is 67.7 Å². The number of nitrogens with zero attached hydrogens (tertiary/aromatic N) is 1. The van der Waals surface area contributed by atoms with Gasteiger partial charge in [-0.15, -0.1) is 0 Å². The Morgan fingerprint density at radius 1 is 1.31 bits per heavy atom. The number of aryl methyl sites for hydroxylation is 1. The zero-order chi connectivity index (χ0) is 20.2. The molecule has 0 aliphatic carbocycles. The van der Waals surface area contributed by atoms with Gasteiger partial charge >= 0.3 is 0 Å². The van der Waals surface area contributed by atoms with Gasteiger partial charge < -0.3 is 24.4 Å². The fourth-order valence-electron chi connectivity index (χ4n) is 3.60. The minimum Gasteiger partial charge on any atom is -0.467 e. The van der Waals surface area contributed by atoms with Crippen LogP contribution in [0, 0.1) is 6.92 Å². The highest BCUT2D eigenvalue weighted by atomic mass is 32.1. The van der Waals surface area contributed by atoms with E-state index in [0.717, 1.165) is 41.7 Å². The van der Waals surface area contributed by atoms with Gasteiger partial charge in [-0.25, -0.2) is 0 Å². The molecule has 152 valence electrons. The average Bonchev–Trinajstić information content (AvgIpc) is 3.40. The Balaban J connectivity index is 1.55. The number of rotatable bonds is 6. The molecule has 0 spiro atoms. The molecule has 0 radical (unpaired) electrons. The lowest BCUT2D eigenvalue weighted by molar-refractivity contribution is 0.113. The second kappa shape index (κ2) is 8.80. The maximum Gasteiger partial charge on any atom is 0.253 e. The molecule has 3 heterocycles. The third kappa shape index (κ3) is 4.86. The molecule has 1 aromatic carbocycles. The van der Waals surface area contributed by atoms with Crippen molar-refractivity contribution in [1.82, 2.24) is 15.2 Å². The molecule has 1 atom stereocenters. The van der Waals surface area contributed by atoms with E-state index in [4.69, 9.17) is 21.4 Å². The Hall–Kier alpha value is -2.64. The highest BCUT2D eigenvalue weighted by Crippen LogP contribution is 2.16. The first-order valence-electron chi connectivity index (χ1n) is 9.88. The molecule has 0 saturated carbocycles. The number of H-pyrrole nitrogens is 1. The smallest absolute Gasteiger partial charge is 0.253 e. The summed E-state index contributed by atoms with van der Waals surface area (Å²) < 4.78 is 11.2. The number of fused-ring (bicyclic) bond motifs is 1. The first-order chi connectivity index (χ1) is 14.1. The van der Waals surface area contributed by atoms with E-state index >= 15 is 0 Å². The van der Waals surface area contributed by atoms with Crippen LogP contribution in [-0.2, 0) is 17.8 Å². The molecule has 29 heavy (non-hydrogen) atoms. The number of aromatic amines is 1. The molecule has 2 aromatic heterocycles. The number of benzene rings is 1. The van der Waals surface area contributed by atoms with Crippen molar-refractivity contribution in [1.29, 1.82) is 0 Å². The van der Waals surface area contributed by atoms with Crippen molar-refractivity contribution in [2.24, 2.45) is 0 Å². The van der Waals surface area contributed by atoms with E-state index < -0.39 is 0 Å². The zero-order valence-corrected chi connectivity index (χ0v) is 17.3. The number of pyridine rings is 1. The third-order valence-corrected chi connectivity index (χ3v) is 5.56. The third-order valence-electron chi connectivity index (χ3n) is 5.16. The number of aromatic nitrogens is 1. The van der Waals surface area contributed by atoms with Crippen LogP contribution >= 0.6 is 12.2 Å². The number of hydrogen-bond donors (Lipinski definition) is 2. The second-order valence-electron chi connectivity index (χ2n) is 7.47. The maximum absolute atomic E-state index is 12.7. The average molecular weight is 412 g/mol. The lowest BCUT2D eigenvalue weighted by Crippen LogP contribution is -2.42. The number of nitrogens with one attached hydrogen (secondary N) is 2. The van der Waals surface area contributed by atoms with Gasteiger partial charge in [-0.1, -0.05) is 11.6 Å². The molecule has 0 amide bonds. The zero-order valence-electron chi connectivity index (χ0n) is 16.4. The maximum atomic E-state index is 12.7. The highest BCUT2D eigenvalue weighted by molar-refractivity contribution is 7.80. The van der Waals surface area contributed by atoms with Gasteiger partial charge in [-0.2, -0.15) is 0 Å². The van der Waals surface area contributed by atoms with E-state index in [1.54, 1.807) is 6.26 Å². The van der Waals surface area contributed by atoms with Crippen LogP contribution in [0.25, 0.3) is 10.9 Å². The van der Waals surface area contributed by atoms with Crippen LogP contribution in [0.4, 0.5) is 0 Å². The lowest BCUT2D eigenvalue weighted by atomic mass is 10.1. The molecule has 7 heteroatoms.